The molecule has 2 nitrogen and oxygen atoms in total. The fraction of sp³-hybridized carbons (Fsp3) is 0.133. The minimum absolute atomic E-state index is 0.199. The van der Waals surface area contributed by atoms with Crippen LogP contribution >= 0.6 is 11.3 Å². The summed E-state index contributed by atoms with van der Waals surface area (Å²) in [7, 11) is 0. The number of aromatic nitrogens is 1. The molecule has 1 aromatic heterocycles. The molecule has 3 heteroatoms. The van der Waals surface area contributed by atoms with Crippen LogP contribution in [0.25, 0.3) is 21.2 Å². The monoisotopic (exact) mass is 255 g/mol. The van der Waals surface area contributed by atoms with Crippen molar-refractivity contribution in [2.24, 2.45) is 0 Å². The molecule has 0 saturated heterocycles. The van der Waals surface area contributed by atoms with Crippen LogP contribution in [0.4, 0.5) is 0 Å². The molecular formula is C15H13NOS. The van der Waals surface area contributed by atoms with Gasteiger partial charge in [-0.15, -0.1) is 11.3 Å². The van der Waals surface area contributed by atoms with Crippen molar-refractivity contribution in [1.82, 2.24) is 4.98 Å². The van der Waals surface area contributed by atoms with Gasteiger partial charge in [0.2, 0.25) is 0 Å². The minimum Gasteiger partial charge on any atom is -0.396 e. The van der Waals surface area contributed by atoms with Gasteiger partial charge in [0.15, 0.2) is 0 Å². The predicted octanol–water partition coefficient (Wildman–Crippen LogP) is 3.50. The van der Waals surface area contributed by atoms with E-state index in [2.05, 4.69) is 41.4 Å². The third-order valence-electron chi connectivity index (χ3n) is 3.02. The lowest BCUT2D eigenvalue weighted by molar-refractivity contribution is 0.299. The average Bonchev–Trinajstić information content (AvgIpc) is 2.92. The van der Waals surface area contributed by atoms with Crippen molar-refractivity contribution >= 4 is 22.1 Å². The minimum atomic E-state index is 0.199. The van der Waals surface area contributed by atoms with Crippen LogP contribution in [0.3, 0.4) is 0 Å². The first-order valence-electron chi connectivity index (χ1n) is 5.89. The number of benzene rings is 2. The van der Waals surface area contributed by atoms with Crippen LogP contribution in [-0.2, 0) is 6.42 Å². The zero-order chi connectivity index (χ0) is 12.4. The standard InChI is InChI=1S/C15H13NOS/c17-6-5-11-1-2-13-8-14(4-3-12(13)7-11)15-9-16-10-18-15/h1-4,7-10,17H,5-6H2. The van der Waals surface area contributed by atoms with Crippen LogP contribution in [0.1, 0.15) is 5.56 Å². The quantitative estimate of drug-likeness (QED) is 0.777. The second kappa shape index (κ2) is 4.88. The van der Waals surface area contributed by atoms with Crippen LogP contribution in [0.5, 0.6) is 0 Å². The van der Waals surface area contributed by atoms with Gasteiger partial charge in [-0.3, -0.25) is 4.98 Å². The van der Waals surface area contributed by atoms with Gasteiger partial charge < -0.3 is 5.11 Å². The maximum Gasteiger partial charge on any atom is 0.0797 e. The number of aliphatic hydroxyl groups excluding tert-OH is 1. The average molecular weight is 255 g/mol. The van der Waals surface area contributed by atoms with Gasteiger partial charge in [0, 0.05) is 12.8 Å². The molecule has 3 aromatic rings. The van der Waals surface area contributed by atoms with Crippen LogP contribution in [0, 0.1) is 0 Å². The van der Waals surface area contributed by atoms with Gasteiger partial charge in [-0.1, -0.05) is 30.3 Å². The zero-order valence-electron chi connectivity index (χ0n) is 9.84. The summed E-state index contributed by atoms with van der Waals surface area (Å²) in [5.41, 5.74) is 4.24. The summed E-state index contributed by atoms with van der Waals surface area (Å²) in [6.45, 7) is 0.199. The molecule has 1 heterocycles. The second-order valence-electron chi connectivity index (χ2n) is 4.24. The predicted molar refractivity (Wildman–Crippen MR) is 75.8 cm³/mol. The van der Waals surface area contributed by atoms with E-state index in [-0.39, 0.29) is 6.61 Å². The normalized spacial score (nSPS) is 10.9. The van der Waals surface area contributed by atoms with Crippen LogP contribution in [-0.4, -0.2) is 16.7 Å². The summed E-state index contributed by atoms with van der Waals surface area (Å²) in [5.74, 6) is 0. The lowest BCUT2D eigenvalue weighted by atomic mass is 10.0. The summed E-state index contributed by atoms with van der Waals surface area (Å²) in [5, 5.41) is 11.4. The molecule has 2 aromatic carbocycles. The lowest BCUT2D eigenvalue weighted by Gasteiger charge is -2.04. The van der Waals surface area contributed by atoms with Gasteiger partial charge in [-0.05, 0) is 34.4 Å². The van der Waals surface area contributed by atoms with E-state index in [1.807, 2.05) is 11.7 Å². The van der Waals surface area contributed by atoms with Gasteiger partial charge in [-0.2, -0.15) is 0 Å². The van der Waals surface area contributed by atoms with E-state index in [0.717, 1.165) is 0 Å². The number of nitrogens with zero attached hydrogens (tertiary/aromatic N) is 1. The van der Waals surface area contributed by atoms with Crippen molar-refractivity contribution in [2.75, 3.05) is 6.61 Å². The van der Waals surface area contributed by atoms with E-state index < -0.39 is 0 Å². The summed E-state index contributed by atoms with van der Waals surface area (Å²) < 4.78 is 0. The lowest BCUT2D eigenvalue weighted by Crippen LogP contribution is -1.89. The Morgan fingerprint density at radius 3 is 2.67 bits per heavy atom. The maximum atomic E-state index is 8.96. The smallest absolute Gasteiger partial charge is 0.0797 e. The third-order valence-corrected chi connectivity index (χ3v) is 3.84. The van der Waals surface area contributed by atoms with Crippen molar-refractivity contribution in [3.8, 4) is 10.4 Å². The number of aliphatic hydroxyl groups is 1. The Bertz CT molecular complexity index is 661. The van der Waals surface area contributed by atoms with Crippen LogP contribution < -0.4 is 0 Å². The molecule has 1 N–H and O–H groups in total. The third kappa shape index (κ3) is 2.15. The fourth-order valence-corrected chi connectivity index (χ4v) is 2.71. The molecule has 0 atom stereocenters. The van der Waals surface area contributed by atoms with Gasteiger partial charge in [0.1, 0.15) is 0 Å². The maximum absolute atomic E-state index is 8.96. The highest BCUT2D eigenvalue weighted by atomic mass is 32.1. The molecule has 0 radical (unpaired) electrons. The van der Waals surface area contributed by atoms with Gasteiger partial charge in [-0.25, -0.2) is 0 Å². The molecule has 0 aliphatic heterocycles. The number of hydrogen-bond acceptors (Lipinski definition) is 3. The van der Waals surface area contributed by atoms with E-state index in [4.69, 9.17) is 5.11 Å². The highest BCUT2D eigenvalue weighted by Gasteiger charge is 2.02. The molecule has 0 spiro atoms. The van der Waals surface area contributed by atoms with Crippen molar-refractivity contribution in [1.29, 1.82) is 0 Å². The van der Waals surface area contributed by atoms with Crippen LogP contribution in [0.15, 0.2) is 48.1 Å². The van der Waals surface area contributed by atoms with Crippen molar-refractivity contribution in [2.45, 2.75) is 6.42 Å². The SMILES string of the molecule is OCCc1ccc2cc(-c3cncs3)ccc2c1. The summed E-state index contributed by atoms with van der Waals surface area (Å²) in [6, 6.07) is 12.8. The van der Waals surface area contributed by atoms with E-state index in [1.54, 1.807) is 11.3 Å². The Morgan fingerprint density at radius 1 is 1.06 bits per heavy atom. The summed E-state index contributed by atoms with van der Waals surface area (Å²) in [6.07, 6.45) is 2.61. The van der Waals surface area contributed by atoms with Gasteiger partial charge in [0.25, 0.3) is 0 Å². The topological polar surface area (TPSA) is 33.1 Å². The van der Waals surface area contributed by atoms with E-state index >= 15 is 0 Å². The number of hydrogen-bond donors (Lipinski definition) is 1. The molecule has 18 heavy (non-hydrogen) atoms. The largest absolute Gasteiger partial charge is 0.396 e. The number of rotatable bonds is 3. The zero-order valence-corrected chi connectivity index (χ0v) is 10.7. The highest BCUT2D eigenvalue weighted by molar-refractivity contribution is 7.13. The molecular weight excluding hydrogens is 242 g/mol. The molecule has 0 aliphatic rings. The molecule has 0 fully saturated rings. The molecule has 0 unspecified atom stereocenters. The first kappa shape index (κ1) is 11.4. The Hall–Kier alpha value is -1.71. The van der Waals surface area contributed by atoms with E-state index in [0.29, 0.717) is 6.42 Å². The van der Waals surface area contributed by atoms with Crippen molar-refractivity contribution < 1.29 is 5.11 Å². The van der Waals surface area contributed by atoms with Crippen LogP contribution in [0.2, 0.25) is 0 Å². The number of fused-ring (bicyclic) bond motifs is 1. The molecule has 0 amide bonds. The molecule has 90 valence electrons. The molecule has 0 saturated carbocycles. The highest BCUT2D eigenvalue weighted by Crippen LogP contribution is 2.27. The fourth-order valence-electron chi connectivity index (χ4n) is 2.09. The first-order chi connectivity index (χ1) is 8.86. The van der Waals surface area contributed by atoms with E-state index in [1.165, 1.54) is 26.8 Å². The summed E-state index contributed by atoms with van der Waals surface area (Å²) in [4.78, 5) is 5.30. The van der Waals surface area contributed by atoms with Crippen molar-refractivity contribution in [3.05, 3.63) is 53.7 Å². The van der Waals surface area contributed by atoms with Crippen molar-refractivity contribution in [3.63, 3.8) is 0 Å². The van der Waals surface area contributed by atoms with Gasteiger partial charge >= 0.3 is 0 Å². The second-order valence-corrected chi connectivity index (χ2v) is 5.12. The Morgan fingerprint density at radius 2 is 1.89 bits per heavy atom. The Labute approximate surface area is 110 Å². The summed E-state index contributed by atoms with van der Waals surface area (Å²) >= 11 is 1.65. The first-order valence-corrected chi connectivity index (χ1v) is 6.77. The molecule has 3 rings (SSSR count). The molecule has 0 aliphatic carbocycles. The molecule has 0 bridgehead atoms. The van der Waals surface area contributed by atoms with E-state index in [9.17, 15) is 0 Å². The number of thiazole rings is 1. The Kier molecular flexibility index (Phi) is 3.09. The Balaban J connectivity index is 2.06. The van der Waals surface area contributed by atoms with Gasteiger partial charge in [0.05, 0.1) is 10.4 Å².